The van der Waals surface area contributed by atoms with Crippen molar-refractivity contribution >= 4 is 23.4 Å². The Hall–Kier alpha value is -1.30. The van der Waals surface area contributed by atoms with Gasteiger partial charge in [0.15, 0.2) is 0 Å². The van der Waals surface area contributed by atoms with E-state index < -0.39 is 17.8 Å². The Morgan fingerprint density at radius 2 is 2.15 bits per heavy atom. The summed E-state index contributed by atoms with van der Waals surface area (Å²) in [7, 11) is 0. The van der Waals surface area contributed by atoms with Crippen LogP contribution in [0.1, 0.15) is 38.9 Å². The molecule has 0 heterocycles. The van der Waals surface area contributed by atoms with Crippen molar-refractivity contribution in [2.75, 3.05) is 11.9 Å². The molecule has 0 fully saturated rings. The summed E-state index contributed by atoms with van der Waals surface area (Å²) in [5.41, 5.74) is 5.86. The monoisotopic (exact) mass is 300 g/mol. The topological polar surface area (TPSA) is 84.6 Å². The molecule has 1 rings (SSSR count). The number of nitrogens with two attached hydrogens (primary N) is 1. The summed E-state index contributed by atoms with van der Waals surface area (Å²) in [4.78, 5) is 11.7. The molecule has 5 nitrogen and oxygen atoms in total. The third kappa shape index (κ3) is 5.36. The normalized spacial score (nSPS) is 12.9. The van der Waals surface area contributed by atoms with E-state index in [1.807, 2.05) is 0 Å². The molecule has 20 heavy (non-hydrogen) atoms. The Bertz CT molecular complexity index is 472. The third-order valence-corrected chi connectivity index (χ3v) is 2.78. The molecule has 0 unspecified atom stereocenters. The lowest BCUT2D eigenvalue weighted by Gasteiger charge is -2.20. The van der Waals surface area contributed by atoms with Gasteiger partial charge >= 0.3 is 6.09 Å². The number of aliphatic hydroxyl groups excluding tert-OH is 1. The molecule has 1 aromatic carbocycles. The highest BCUT2D eigenvalue weighted by molar-refractivity contribution is 6.33. The molecule has 0 saturated carbocycles. The van der Waals surface area contributed by atoms with Gasteiger partial charge in [-0.15, -0.1) is 0 Å². The van der Waals surface area contributed by atoms with Crippen LogP contribution in [0.15, 0.2) is 18.2 Å². The molecule has 1 aromatic rings. The van der Waals surface area contributed by atoms with Crippen molar-refractivity contribution in [3.63, 3.8) is 0 Å². The fourth-order valence-electron chi connectivity index (χ4n) is 1.58. The van der Waals surface area contributed by atoms with Gasteiger partial charge in [-0.25, -0.2) is 4.79 Å². The number of amides is 1. The molecule has 0 radical (unpaired) electrons. The molecular weight excluding hydrogens is 280 g/mol. The molecule has 6 heteroatoms. The molecule has 0 aliphatic rings. The van der Waals surface area contributed by atoms with Gasteiger partial charge in [0.05, 0.1) is 16.8 Å². The van der Waals surface area contributed by atoms with Crippen molar-refractivity contribution < 1.29 is 14.6 Å². The number of aliphatic hydroxyl groups is 1. The number of rotatable bonds is 4. The lowest BCUT2D eigenvalue weighted by molar-refractivity contribution is 0.0636. The van der Waals surface area contributed by atoms with Crippen molar-refractivity contribution in [2.24, 2.45) is 5.73 Å². The fourth-order valence-corrected chi connectivity index (χ4v) is 1.75. The number of ether oxygens (including phenoxy) is 1. The molecule has 1 atom stereocenters. The Labute approximate surface area is 124 Å². The number of halogens is 1. The van der Waals surface area contributed by atoms with Crippen molar-refractivity contribution in [3.8, 4) is 0 Å². The van der Waals surface area contributed by atoms with Crippen molar-refractivity contribution in [1.82, 2.24) is 0 Å². The SMILES string of the molecule is CC(C)(C)OC(=O)Nc1cc([C@@H](O)CCN)ccc1Cl. The minimum atomic E-state index is -0.684. The van der Waals surface area contributed by atoms with Gasteiger partial charge in [0.2, 0.25) is 0 Å². The van der Waals surface area contributed by atoms with Gasteiger partial charge in [-0.2, -0.15) is 0 Å². The van der Waals surface area contributed by atoms with Crippen molar-refractivity contribution in [2.45, 2.75) is 38.9 Å². The standard InChI is InChI=1S/C14H21ClN2O3/c1-14(2,3)20-13(19)17-11-8-9(4-5-10(11)15)12(18)6-7-16/h4-5,8,12,18H,6-7,16H2,1-3H3,(H,17,19)/t12-/m0/s1. The first-order valence-corrected chi connectivity index (χ1v) is 6.78. The summed E-state index contributed by atoms with van der Waals surface area (Å²) in [6, 6.07) is 4.93. The van der Waals surface area contributed by atoms with Crippen molar-refractivity contribution in [1.29, 1.82) is 0 Å². The predicted molar refractivity (Wildman–Crippen MR) is 79.9 cm³/mol. The van der Waals surface area contributed by atoms with E-state index in [1.54, 1.807) is 39.0 Å². The number of benzene rings is 1. The first kappa shape index (κ1) is 16.8. The number of anilines is 1. The molecule has 0 bridgehead atoms. The molecule has 0 aliphatic carbocycles. The molecule has 0 saturated heterocycles. The molecular formula is C14H21ClN2O3. The number of carbonyl (C=O) groups excluding carboxylic acids is 1. The summed E-state index contributed by atoms with van der Waals surface area (Å²) >= 11 is 6.02. The zero-order chi connectivity index (χ0) is 15.3. The quantitative estimate of drug-likeness (QED) is 0.798. The smallest absolute Gasteiger partial charge is 0.412 e. The third-order valence-electron chi connectivity index (χ3n) is 2.45. The van der Waals surface area contributed by atoms with E-state index in [2.05, 4.69) is 5.32 Å². The predicted octanol–water partition coefficient (Wildman–Crippen LogP) is 3.07. The number of carbonyl (C=O) groups is 1. The van der Waals surface area contributed by atoms with Gasteiger partial charge in [0, 0.05) is 0 Å². The second kappa shape index (κ2) is 6.92. The number of nitrogens with one attached hydrogen (secondary N) is 1. The Balaban J connectivity index is 2.84. The highest BCUT2D eigenvalue weighted by Gasteiger charge is 2.17. The average Bonchev–Trinajstić information content (AvgIpc) is 2.29. The van der Waals surface area contributed by atoms with Gasteiger partial charge < -0.3 is 15.6 Å². The summed E-state index contributed by atoms with van der Waals surface area (Å²) in [6.45, 7) is 5.69. The minimum absolute atomic E-state index is 0.374. The summed E-state index contributed by atoms with van der Waals surface area (Å²) in [5.74, 6) is 0. The first-order valence-electron chi connectivity index (χ1n) is 6.40. The molecule has 112 valence electrons. The molecule has 0 spiro atoms. The van der Waals surface area contributed by atoms with Gasteiger partial charge in [0.25, 0.3) is 0 Å². The summed E-state index contributed by atoms with van der Waals surface area (Å²) in [5, 5.41) is 12.8. The summed E-state index contributed by atoms with van der Waals surface area (Å²) in [6.07, 6.45) is -0.839. The Morgan fingerprint density at radius 1 is 1.50 bits per heavy atom. The van der Waals surface area contributed by atoms with Gasteiger partial charge in [-0.1, -0.05) is 17.7 Å². The number of hydrogen-bond acceptors (Lipinski definition) is 4. The van der Waals surface area contributed by atoms with Crippen LogP contribution < -0.4 is 11.1 Å². The lowest BCUT2D eigenvalue weighted by Crippen LogP contribution is -2.27. The highest BCUT2D eigenvalue weighted by atomic mass is 35.5. The van der Waals surface area contributed by atoms with E-state index >= 15 is 0 Å². The van der Waals surface area contributed by atoms with Crippen LogP contribution in [0.5, 0.6) is 0 Å². The van der Waals surface area contributed by atoms with E-state index in [0.717, 1.165) is 0 Å². The second-order valence-electron chi connectivity index (χ2n) is 5.46. The molecule has 0 aromatic heterocycles. The van der Waals surface area contributed by atoms with E-state index in [1.165, 1.54) is 0 Å². The van der Waals surface area contributed by atoms with E-state index in [-0.39, 0.29) is 0 Å². The van der Waals surface area contributed by atoms with Crippen LogP contribution >= 0.6 is 11.6 Å². The second-order valence-corrected chi connectivity index (χ2v) is 5.87. The highest BCUT2D eigenvalue weighted by Crippen LogP contribution is 2.27. The molecule has 4 N–H and O–H groups in total. The Kier molecular flexibility index (Phi) is 5.80. The van der Waals surface area contributed by atoms with E-state index in [4.69, 9.17) is 22.1 Å². The Morgan fingerprint density at radius 3 is 2.70 bits per heavy atom. The maximum absolute atomic E-state index is 11.7. The van der Waals surface area contributed by atoms with Gasteiger partial charge in [-0.3, -0.25) is 5.32 Å². The van der Waals surface area contributed by atoms with Crippen LogP contribution in [-0.4, -0.2) is 23.3 Å². The van der Waals surface area contributed by atoms with Crippen molar-refractivity contribution in [3.05, 3.63) is 28.8 Å². The molecule has 0 aliphatic heterocycles. The van der Waals surface area contributed by atoms with Crippen LogP contribution in [0, 0.1) is 0 Å². The van der Waals surface area contributed by atoms with Gasteiger partial charge in [-0.05, 0) is 51.4 Å². The van der Waals surface area contributed by atoms with E-state index in [0.29, 0.717) is 29.2 Å². The average molecular weight is 301 g/mol. The van der Waals surface area contributed by atoms with Crippen LogP contribution in [0.4, 0.5) is 10.5 Å². The summed E-state index contributed by atoms with van der Waals surface area (Å²) < 4.78 is 5.15. The van der Waals surface area contributed by atoms with Crippen LogP contribution in [0.25, 0.3) is 0 Å². The van der Waals surface area contributed by atoms with Crippen LogP contribution in [0.2, 0.25) is 5.02 Å². The van der Waals surface area contributed by atoms with E-state index in [9.17, 15) is 9.90 Å². The fraction of sp³-hybridized carbons (Fsp3) is 0.500. The number of hydrogen-bond donors (Lipinski definition) is 3. The zero-order valence-electron chi connectivity index (χ0n) is 11.9. The maximum Gasteiger partial charge on any atom is 0.412 e. The largest absolute Gasteiger partial charge is 0.444 e. The maximum atomic E-state index is 11.7. The molecule has 1 amide bonds. The zero-order valence-corrected chi connectivity index (χ0v) is 12.7. The minimum Gasteiger partial charge on any atom is -0.444 e. The lowest BCUT2D eigenvalue weighted by atomic mass is 10.1. The first-order chi connectivity index (χ1) is 9.23. The van der Waals surface area contributed by atoms with Crippen LogP contribution in [-0.2, 0) is 4.74 Å². The van der Waals surface area contributed by atoms with Gasteiger partial charge in [0.1, 0.15) is 5.60 Å². The van der Waals surface area contributed by atoms with Crippen LogP contribution in [0.3, 0.4) is 0 Å².